The predicted molar refractivity (Wildman–Crippen MR) is 95.0 cm³/mol. The number of hydrogen-bond donors (Lipinski definition) is 1. The van der Waals surface area contributed by atoms with Gasteiger partial charge in [0.15, 0.2) is 0 Å². The van der Waals surface area contributed by atoms with Gasteiger partial charge >= 0.3 is 5.97 Å². The van der Waals surface area contributed by atoms with Crippen LogP contribution in [0.2, 0.25) is 0 Å². The molecule has 2 aliphatic rings. The highest BCUT2D eigenvalue weighted by Crippen LogP contribution is 2.59. The number of amides is 2. The zero-order valence-corrected chi connectivity index (χ0v) is 15.6. The number of likely N-dealkylation sites (tertiary alicyclic amines) is 1. The van der Waals surface area contributed by atoms with E-state index in [1.807, 2.05) is 9.80 Å². The summed E-state index contributed by atoms with van der Waals surface area (Å²) in [6, 6.07) is 0. The molecule has 1 heterocycles. The molecule has 0 bridgehead atoms. The Morgan fingerprint density at radius 2 is 1.68 bits per heavy atom. The lowest BCUT2D eigenvalue weighted by Gasteiger charge is -2.32. The first kappa shape index (κ1) is 19.7. The van der Waals surface area contributed by atoms with Crippen LogP contribution in [0.4, 0.5) is 0 Å². The number of hydrogen-bond acceptors (Lipinski definition) is 3. The lowest BCUT2D eigenvalue weighted by Crippen LogP contribution is -2.40. The Morgan fingerprint density at radius 3 is 2.16 bits per heavy atom. The second-order valence-electron chi connectivity index (χ2n) is 7.57. The third-order valence-electron chi connectivity index (χ3n) is 5.72. The van der Waals surface area contributed by atoms with Crippen molar-refractivity contribution in [2.24, 2.45) is 11.3 Å². The van der Waals surface area contributed by atoms with Crippen LogP contribution >= 0.6 is 0 Å². The Kier molecular flexibility index (Phi) is 6.85. The minimum Gasteiger partial charge on any atom is -0.481 e. The van der Waals surface area contributed by atoms with E-state index in [0.29, 0.717) is 32.4 Å². The summed E-state index contributed by atoms with van der Waals surface area (Å²) in [5.41, 5.74) is -0.0423. The lowest BCUT2D eigenvalue weighted by molar-refractivity contribution is -0.140. The molecular formula is C19H32N2O4. The van der Waals surface area contributed by atoms with Gasteiger partial charge < -0.3 is 14.9 Å². The number of carbonyl (C=O) groups is 3. The van der Waals surface area contributed by atoms with Gasteiger partial charge in [0, 0.05) is 39.0 Å². The van der Waals surface area contributed by atoms with Crippen LogP contribution in [-0.4, -0.2) is 58.9 Å². The van der Waals surface area contributed by atoms with E-state index in [1.165, 1.54) is 0 Å². The SMILES string of the molecule is CCCN(CCC)C(=O)CCCC(=O)N1CCC2(CC1)CC2C(=O)O. The van der Waals surface area contributed by atoms with Crippen LogP contribution in [0.1, 0.15) is 65.2 Å². The summed E-state index contributed by atoms with van der Waals surface area (Å²) in [4.78, 5) is 39.4. The molecule has 1 unspecified atom stereocenters. The zero-order valence-electron chi connectivity index (χ0n) is 15.6. The van der Waals surface area contributed by atoms with Crippen molar-refractivity contribution < 1.29 is 19.5 Å². The first-order chi connectivity index (χ1) is 11.9. The molecule has 1 saturated carbocycles. The van der Waals surface area contributed by atoms with Crippen LogP contribution < -0.4 is 0 Å². The fraction of sp³-hybridized carbons (Fsp3) is 0.842. The highest BCUT2D eigenvalue weighted by atomic mass is 16.4. The Hall–Kier alpha value is -1.59. The second-order valence-corrected chi connectivity index (χ2v) is 7.57. The van der Waals surface area contributed by atoms with Gasteiger partial charge in [-0.1, -0.05) is 13.8 Å². The summed E-state index contributed by atoms with van der Waals surface area (Å²) < 4.78 is 0. The summed E-state index contributed by atoms with van der Waals surface area (Å²) >= 11 is 0. The molecule has 142 valence electrons. The summed E-state index contributed by atoms with van der Waals surface area (Å²) in [5.74, 6) is -0.642. The Morgan fingerprint density at radius 1 is 1.08 bits per heavy atom. The molecule has 0 aromatic heterocycles. The van der Waals surface area contributed by atoms with Gasteiger partial charge in [-0.15, -0.1) is 0 Å². The topological polar surface area (TPSA) is 77.9 Å². The van der Waals surface area contributed by atoms with Gasteiger partial charge in [-0.2, -0.15) is 0 Å². The van der Waals surface area contributed by atoms with Crippen molar-refractivity contribution in [1.29, 1.82) is 0 Å². The maximum atomic E-state index is 12.3. The fourth-order valence-corrected chi connectivity index (χ4v) is 4.06. The quantitative estimate of drug-likeness (QED) is 0.692. The van der Waals surface area contributed by atoms with Crippen molar-refractivity contribution in [1.82, 2.24) is 9.80 Å². The molecule has 0 aromatic rings. The lowest BCUT2D eigenvalue weighted by atomic mass is 9.90. The normalized spacial score (nSPS) is 21.2. The number of nitrogens with zero attached hydrogens (tertiary/aromatic N) is 2. The molecule has 2 fully saturated rings. The number of rotatable bonds is 9. The second kappa shape index (κ2) is 8.68. The first-order valence-corrected chi connectivity index (χ1v) is 9.72. The van der Waals surface area contributed by atoms with Crippen molar-refractivity contribution in [2.45, 2.75) is 65.2 Å². The standard InChI is InChI=1S/C19H32N2O4/c1-3-10-20(11-4-2)16(22)6-5-7-17(23)21-12-8-19(9-13-21)14-15(19)18(24)25/h15H,3-14H2,1-2H3,(H,24,25). The van der Waals surface area contributed by atoms with E-state index in [9.17, 15) is 14.4 Å². The minimum absolute atomic E-state index is 0.0423. The molecule has 1 atom stereocenters. The highest BCUT2D eigenvalue weighted by Gasteiger charge is 2.59. The molecule has 2 amide bonds. The van der Waals surface area contributed by atoms with Crippen molar-refractivity contribution in [3.63, 3.8) is 0 Å². The first-order valence-electron chi connectivity index (χ1n) is 9.72. The maximum absolute atomic E-state index is 12.3. The summed E-state index contributed by atoms with van der Waals surface area (Å²) in [5, 5.41) is 9.12. The van der Waals surface area contributed by atoms with E-state index in [0.717, 1.165) is 45.2 Å². The Bertz CT molecular complexity index is 492. The fourth-order valence-electron chi connectivity index (χ4n) is 4.06. The molecule has 6 heteroatoms. The number of carboxylic acids is 1. The van der Waals surface area contributed by atoms with Gasteiger partial charge in [0.1, 0.15) is 0 Å². The van der Waals surface area contributed by atoms with Gasteiger partial charge in [-0.3, -0.25) is 14.4 Å². The van der Waals surface area contributed by atoms with Gasteiger partial charge in [-0.25, -0.2) is 0 Å². The van der Waals surface area contributed by atoms with Gasteiger partial charge in [-0.05, 0) is 43.9 Å². The van der Waals surface area contributed by atoms with Gasteiger partial charge in [0.25, 0.3) is 0 Å². The summed E-state index contributed by atoms with van der Waals surface area (Å²) in [7, 11) is 0. The monoisotopic (exact) mass is 352 g/mol. The average molecular weight is 352 g/mol. The van der Waals surface area contributed by atoms with Crippen molar-refractivity contribution in [2.75, 3.05) is 26.2 Å². The van der Waals surface area contributed by atoms with Crippen LogP contribution in [0.15, 0.2) is 0 Å². The summed E-state index contributed by atoms with van der Waals surface area (Å²) in [6.07, 6.45) is 5.72. The molecule has 1 N–H and O–H groups in total. The number of carboxylic acid groups (broad SMARTS) is 1. The third kappa shape index (κ3) is 4.95. The maximum Gasteiger partial charge on any atom is 0.307 e. The zero-order chi connectivity index (χ0) is 18.4. The average Bonchev–Trinajstić information content (AvgIpc) is 3.29. The van der Waals surface area contributed by atoms with E-state index >= 15 is 0 Å². The molecule has 1 aliphatic heterocycles. The molecule has 1 saturated heterocycles. The van der Waals surface area contributed by atoms with Crippen LogP contribution in [0.3, 0.4) is 0 Å². The molecular weight excluding hydrogens is 320 g/mol. The predicted octanol–water partition coefficient (Wildman–Crippen LogP) is 2.52. The Labute approximate surface area is 150 Å². The smallest absolute Gasteiger partial charge is 0.307 e. The van der Waals surface area contributed by atoms with E-state index in [1.54, 1.807) is 0 Å². The van der Waals surface area contributed by atoms with E-state index in [-0.39, 0.29) is 23.1 Å². The van der Waals surface area contributed by atoms with Crippen molar-refractivity contribution in [3.8, 4) is 0 Å². The van der Waals surface area contributed by atoms with Crippen molar-refractivity contribution in [3.05, 3.63) is 0 Å². The van der Waals surface area contributed by atoms with Crippen molar-refractivity contribution >= 4 is 17.8 Å². The molecule has 2 rings (SSSR count). The summed E-state index contributed by atoms with van der Waals surface area (Å²) in [6.45, 7) is 7.04. The Balaban J connectivity index is 1.68. The van der Waals surface area contributed by atoms with E-state index in [4.69, 9.17) is 5.11 Å². The third-order valence-corrected chi connectivity index (χ3v) is 5.72. The minimum atomic E-state index is -0.693. The van der Waals surface area contributed by atoms with Crippen LogP contribution in [0, 0.1) is 11.3 Å². The van der Waals surface area contributed by atoms with E-state index < -0.39 is 5.97 Å². The molecule has 0 aromatic carbocycles. The number of carbonyl (C=O) groups excluding carboxylic acids is 2. The number of aliphatic carboxylic acids is 1. The van der Waals surface area contributed by atoms with E-state index in [2.05, 4.69) is 13.8 Å². The van der Waals surface area contributed by atoms with Crippen LogP contribution in [0.25, 0.3) is 0 Å². The number of piperidine rings is 1. The highest BCUT2D eigenvalue weighted by molar-refractivity contribution is 5.79. The molecule has 1 spiro atoms. The van der Waals surface area contributed by atoms with Crippen LogP contribution in [0.5, 0.6) is 0 Å². The molecule has 0 radical (unpaired) electrons. The van der Waals surface area contributed by atoms with Crippen LogP contribution in [-0.2, 0) is 14.4 Å². The van der Waals surface area contributed by atoms with Gasteiger partial charge in [0.2, 0.25) is 11.8 Å². The molecule has 1 aliphatic carbocycles. The molecule has 25 heavy (non-hydrogen) atoms. The molecule has 6 nitrogen and oxygen atoms in total. The largest absolute Gasteiger partial charge is 0.481 e. The van der Waals surface area contributed by atoms with Gasteiger partial charge in [0.05, 0.1) is 5.92 Å².